The van der Waals surface area contributed by atoms with Crippen LogP contribution in [0.3, 0.4) is 0 Å². The molecule has 0 saturated carbocycles. The number of amides is 1. The predicted octanol–water partition coefficient (Wildman–Crippen LogP) is 2.70. The smallest absolute Gasteiger partial charge is 0.255 e. The van der Waals surface area contributed by atoms with Crippen LogP contribution in [0, 0.1) is 6.92 Å². The van der Waals surface area contributed by atoms with Crippen molar-refractivity contribution in [3.8, 4) is 0 Å². The van der Waals surface area contributed by atoms with Crippen molar-refractivity contribution in [1.82, 2.24) is 4.98 Å². The molecule has 0 aliphatic rings. The van der Waals surface area contributed by atoms with E-state index in [9.17, 15) is 9.59 Å². The summed E-state index contributed by atoms with van der Waals surface area (Å²) in [7, 11) is 0. The molecule has 2 N–H and O–H groups in total. The van der Waals surface area contributed by atoms with E-state index in [-0.39, 0.29) is 11.5 Å². The maximum atomic E-state index is 11.9. The Morgan fingerprint density at radius 1 is 1.28 bits per heavy atom. The summed E-state index contributed by atoms with van der Waals surface area (Å²) >= 11 is 3.38. The van der Waals surface area contributed by atoms with Crippen molar-refractivity contribution < 1.29 is 4.79 Å². The van der Waals surface area contributed by atoms with E-state index in [0.717, 1.165) is 10.0 Å². The fourth-order valence-electron chi connectivity index (χ4n) is 1.50. The first kappa shape index (κ1) is 12.6. The number of aromatic nitrogens is 1. The minimum absolute atomic E-state index is 0.300. The highest BCUT2D eigenvalue weighted by atomic mass is 79.9. The van der Waals surface area contributed by atoms with E-state index >= 15 is 0 Å². The number of rotatable bonds is 2. The normalized spacial score (nSPS) is 10.1. The summed E-state index contributed by atoms with van der Waals surface area (Å²) in [4.78, 5) is 25.5. The summed E-state index contributed by atoms with van der Waals surface area (Å²) in [5.41, 5.74) is 1.79. The molecule has 2 aromatic rings. The number of anilines is 1. The third-order valence-corrected chi connectivity index (χ3v) is 3.07. The van der Waals surface area contributed by atoms with Gasteiger partial charge in [0.05, 0.1) is 5.69 Å². The van der Waals surface area contributed by atoms with Gasteiger partial charge in [0, 0.05) is 22.3 Å². The number of halogens is 1. The highest BCUT2D eigenvalue weighted by Gasteiger charge is 2.08. The van der Waals surface area contributed by atoms with Gasteiger partial charge < -0.3 is 10.3 Å². The molecule has 0 aliphatic heterocycles. The Hall–Kier alpha value is -1.88. The first-order valence-corrected chi connectivity index (χ1v) is 6.12. The molecule has 5 heteroatoms. The fraction of sp³-hybridized carbons (Fsp3) is 0.0769. The van der Waals surface area contributed by atoms with Gasteiger partial charge in [0.2, 0.25) is 5.56 Å². The van der Waals surface area contributed by atoms with Crippen LogP contribution in [0.4, 0.5) is 5.69 Å². The first-order chi connectivity index (χ1) is 8.56. The number of aromatic amines is 1. The Kier molecular flexibility index (Phi) is 3.62. The number of H-pyrrole nitrogens is 1. The second kappa shape index (κ2) is 5.18. The molecular formula is C13H11BrN2O2. The third-order valence-electron chi connectivity index (χ3n) is 2.41. The molecule has 0 spiro atoms. The summed E-state index contributed by atoms with van der Waals surface area (Å²) in [5.74, 6) is -0.314. The van der Waals surface area contributed by atoms with E-state index in [1.54, 1.807) is 6.07 Å². The molecular weight excluding hydrogens is 296 g/mol. The van der Waals surface area contributed by atoms with Crippen LogP contribution in [-0.4, -0.2) is 10.9 Å². The molecule has 0 radical (unpaired) electrons. The lowest BCUT2D eigenvalue weighted by molar-refractivity contribution is 0.102. The van der Waals surface area contributed by atoms with Crippen LogP contribution in [0.1, 0.15) is 15.9 Å². The molecule has 18 heavy (non-hydrogen) atoms. The Labute approximate surface area is 112 Å². The van der Waals surface area contributed by atoms with E-state index in [1.165, 1.54) is 12.3 Å². The van der Waals surface area contributed by atoms with Gasteiger partial charge in [-0.25, -0.2) is 0 Å². The fourth-order valence-corrected chi connectivity index (χ4v) is 2.09. The molecule has 1 amide bonds. The van der Waals surface area contributed by atoms with Gasteiger partial charge in [-0.3, -0.25) is 9.59 Å². The van der Waals surface area contributed by atoms with Gasteiger partial charge in [0.1, 0.15) is 0 Å². The van der Waals surface area contributed by atoms with Gasteiger partial charge in [-0.1, -0.05) is 6.07 Å². The zero-order chi connectivity index (χ0) is 13.1. The second-order valence-electron chi connectivity index (χ2n) is 3.88. The van der Waals surface area contributed by atoms with Crippen molar-refractivity contribution in [3.05, 3.63) is 62.5 Å². The quantitative estimate of drug-likeness (QED) is 0.896. The lowest BCUT2D eigenvalue weighted by atomic mass is 10.2. The number of carbonyl (C=O) groups excluding carboxylic acids is 1. The monoisotopic (exact) mass is 306 g/mol. The zero-order valence-electron chi connectivity index (χ0n) is 9.66. The van der Waals surface area contributed by atoms with E-state index in [0.29, 0.717) is 11.3 Å². The van der Waals surface area contributed by atoms with Gasteiger partial charge in [0.25, 0.3) is 5.91 Å². The molecule has 1 aromatic carbocycles. The summed E-state index contributed by atoms with van der Waals surface area (Å²) in [6, 6.07) is 8.44. The van der Waals surface area contributed by atoms with Crippen molar-refractivity contribution >= 4 is 27.5 Å². The average molecular weight is 307 g/mol. The summed E-state index contributed by atoms with van der Waals surface area (Å²) in [5, 5.41) is 2.74. The van der Waals surface area contributed by atoms with E-state index < -0.39 is 0 Å². The second-order valence-corrected chi connectivity index (χ2v) is 4.73. The topological polar surface area (TPSA) is 62.0 Å². The number of hydrogen-bond donors (Lipinski definition) is 2. The summed E-state index contributed by atoms with van der Waals surface area (Å²) in [6.45, 7) is 1.97. The molecule has 0 atom stereocenters. The molecule has 1 heterocycles. The van der Waals surface area contributed by atoms with Crippen LogP contribution in [0.25, 0.3) is 0 Å². The molecule has 0 unspecified atom stereocenters. The maximum absolute atomic E-state index is 11.9. The van der Waals surface area contributed by atoms with Crippen molar-refractivity contribution in [3.63, 3.8) is 0 Å². The van der Waals surface area contributed by atoms with Gasteiger partial charge in [-0.05, 0) is 46.6 Å². The van der Waals surface area contributed by atoms with E-state index in [2.05, 4.69) is 26.2 Å². The van der Waals surface area contributed by atoms with Crippen LogP contribution < -0.4 is 10.9 Å². The summed E-state index contributed by atoms with van der Waals surface area (Å²) < 4.78 is 0.806. The zero-order valence-corrected chi connectivity index (χ0v) is 11.2. The molecule has 1 aromatic heterocycles. The van der Waals surface area contributed by atoms with Gasteiger partial charge in [-0.15, -0.1) is 0 Å². The largest absolute Gasteiger partial charge is 0.329 e. The molecule has 0 saturated heterocycles. The minimum atomic E-state index is -0.314. The SMILES string of the molecule is Cc1ccc(NC(=O)c2cc[nH]c(=O)c2)c(Br)c1. The molecule has 0 fully saturated rings. The first-order valence-electron chi connectivity index (χ1n) is 5.32. The number of carbonyl (C=O) groups is 1. The van der Waals surface area contributed by atoms with Crippen LogP contribution >= 0.6 is 15.9 Å². The Balaban J connectivity index is 2.24. The average Bonchev–Trinajstić information content (AvgIpc) is 2.32. The number of nitrogens with one attached hydrogen (secondary N) is 2. The predicted molar refractivity (Wildman–Crippen MR) is 73.9 cm³/mol. The highest BCUT2D eigenvalue weighted by Crippen LogP contribution is 2.23. The number of hydrogen-bond acceptors (Lipinski definition) is 2. The number of pyridine rings is 1. The summed E-state index contributed by atoms with van der Waals surface area (Å²) in [6.07, 6.45) is 1.45. The van der Waals surface area contributed by atoms with Gasteiger partial charge in [-0.2, -0.15) is 0 Å². The standard InChI is InChI=1S/C13H11BrN2O2/c1-8-2-3-11(10(14)6-8)16-13(18)9-4-5-15-12(17)7-9/h2-7H,1H3,(H,15,17)(H,16,18). The number of aryl methyl sites for hydroxylation is 1. The maximum Gasteiger partial charge on any atom is 0.255 e. The molecule has 92 valence electrons. The van der Waals surface area contributed by atoms with Gasteiger partial charge in [0.15, 0.2) is 0 Å². The van der Waals surface area contributed by atoms with Gasteiger partial charge >= 0.3 is 0 Å². The van der Waals surface area contributed by atoms with Crippen LogP contribution in [-0.2, 0) is 0 Å². The Bertz CT molecular complexity index is 649. The highest BCUT2D eigenvalue weighted by molar-refractivity contribution is 9.10. The Morgan fingerprint density at radius 3 is 2.72 bits per heavy atom. The molecule has 0 bridgehead atoms. The van der Waals surface area contributed by atoms with Crippen molar-refractivity contribution in [2.45, 2.75) is 6.92 Å². The number of benzene rings is 1. The minimum Gasteiger partial charge on any atom is -0.329 e. The Morgan fingerprint density at radius 2 is 2.06 bits per heavy atom. The van der Waals surface area contributed by atoms with Crippen LogP contribution in [0.15, 0.2) is 45.8 Å². The van der Waals surface area contributed by atoms with Crippen molar-refractivity contribution in [2.24, 2.45) is 0 Å². The van der Waals surface area contributed by atoms with Crippen LogP contribution in [0.5, 0.6) is 0 Å². The lowest BCUT2D eigenvalue weighted by Crippen LogP contribution is -2.15. The van der Waals surface area contributed by atoms with Crippen LogP contribution in [0.2, 0.25) is 0 Å². The molecule has 4 nitrogen and oxygen atoms in total. The van der Waals surface area contributed by atoms with Crippen molar-refractivity contribution in [1.29, 1.82) is 0 Å². The lowest BCUT2D eigenvalue weighted by Gasteiger charge is -2.07. The molecule has 2 rings (SSSR count). The van der Waals surface area contributed by atoms with E-state index in [4.69, 9.17) is 0 Å². The van der Waals surface area contributed by atoms with Crippen molar-refractivity contribution in [2.75, 3.05) is 5.32 Å². The van der Waals surface area contributed by atoms with E-state index in [1.807, 2.05) is 25.1 Å². The molecule has 0 aliphatic carbocycles. The third kappa shape index (κ3) is 2.87.